The normalized spacial score (nSPS) is 22.6. The Balaban J connectivity index is 1.65. The van der Waals surface area contributed by atoms with Crippen molar-refractivity contribution in [1.82, 2.24) is 25.3 Å². The average Bonchev–Trinajstić information content (AvgIpc) is 3.41. The number of H-pyrrole nitrogens is 1. The molecule has 0 saturated heterocycles. The molecule has 1 aromatic carbocycles. The lowest BCUT2D eigenvalue weighted by atomic mass is 9.69. The van der Waals surface area contributed by atoms with E-state index in [1.54, 1.807) is 17.6 Å². The van der Waals surface area contributed by atoms with E-state index in [4.69, 9.17) is 5.73 Å². The maximum Gasteiger partial charge on any atom is 0.266 e. The molecule has 1 aliphatic heterocycles. The fourth-order valence-corrected chi connectivity index (χ4v) is 5.45. The van der Waals surface area contributed by atoms with Crippen LogP contribution in [0.3, 0.4) is 0 Å². The summed E-state index contributed by atoms with van der Waals surface area (Å²) in [6.07, 6.45) is -2.75. The quantitative estimate of drug-likeness (QED) is 0.471. The SMILES string of the molecule is Cc1cc2n(c1C(N)=O)CC(NC1(c3cn[nH]n3)CC(F)(F)C1)(c1ccc(F)c(C(F)F)c1)C2. The number of primary amides is 1. The number of carbonyl (C=O) groups is 1. The maximum absolute atomic E-state index is 14.2. The van der Waals surface area contributed by atoms with E-state index in [0.29, 0.717) is 11.3 Å². The van der Waals surface area contributed by atoms with Crippen LogP contribution in [-0.2, 0) is 24.0 Å². The smallest absolute Gasteiger partial charge is 0.266 e. The molecule has 4 N–H and O–H groups in total. The van der Waals surface area contributed by atoms with Crippen LogP contribution < -0.4 is 11.1 Å². The van der Waals surface area contributed by atoms with Gasteiger partial charge in [0.25, 0.3) is 18.3 Å². The van der Waals surface area contributed by atoms with Crippen molar-refractivity contribution in [2.24, 2.45) is 5.73 Å². The Bertz CT molecular complexity index is 1260. The number of fused-ring (bicyclic) bond motifs is 1. The van der Waals surface area contributed by atoms with Gasteiger partial charge < -0.3 is 10.3 Å². The summed E-state index contributed by atoms with van der Waals surface area (Å²) in [6.45, 7) is 1.75. The largest absolute Gasteiger partial charge is 0.364 e. The molecule has 12 heteroatoms. The summed E-state index contributed by atoms with van der Waals surface area (Å²) in [5, 5.41) is 13.4. The van der Waals surface area contributed by atoms with Crippen molar-refractivity contribution < 1.29 is 26.7 Å². The number of nitrogens with one attached hydrogen (secondary N) is 2. The molecule has 3 aromatic rings. The first-order chi connectivity index (χ1) is 16.0. The summed E-state index contributed by atoms with van der Waals surface area (Å²) < 4.78 is 71.2. The van der Waals surface area contributed by atoms with Crippen LogP contribution in [0.1, 0.15) is 57.8 Å². The summed E-state index contributed by atoms with van der Waals surface area (Å²) in [7, 11) is 0. The Morgan fingerprint density at radius 2 is 1.97 bits per heavy atom. The number of aromatic nitrogens is 4. The van der Waals surface area contributed by atoms with E-state index in [0.717, 1.165) is 12.1 Å². The summed E-state index contributed by atoms with van der Waals surface area (Å²) in [5.41, 5.74) is 4.31. The lowest BCUT2D eigenvalue weighted by Crippen LogP contribution is -2.64. The Labute approximate surface area is 190 Å². The first-order valence-corrected chi connectivity index (χ1v) is 10.6. The standard InChI is InChI=1S/C22H21F5N6O/c1-11-4-13-6-20(10-33(13)17(11)19(28)34,12-2-3-15(23)14(5-12)18(24)25)31-21(8-22(26,27)9-21)16-7-29-32-30-16/h2-5,7,18,31H,6,8-10H2,1H3,(H2,28,34)(H,29,30,32). The predicted molar refractivity (Wildman–Crippen MR) is 110 cm³/mol. The maximum atomic E-state index is 14.2. The molecule has 0 bridgehead atoms. The van der Waals surface area contributed by atoms with Gasteiger partial charge in [-0.1, -0.05) is 6.07 Å². The van der Waals surface area contributed by atoms with Crippen LogP contribution in [0.5, 0.6) is 0 Å². The fraction of sp³-hybridized carbons (Fsp3) is 0.409. The minimum Gasteiger partial charge on any atom is -0.364 e. The molecule has 1 fully saturated rings. The van der Waals surface area contributed by atoms with Gasteiger partial charge >= 0.3 is 0 Å². The fourth-order valence-electron chi connectivity index (χ4n) is 5.45. The van der Waals surface area contributed by atoms with E-state index < -0.39 is 53.6 Å². The molecule has 0 radical (unpaired) electrons. The zero-order valence-electron chi connectivity index (χ0n) is 18.0. The van der Waals surface area contributed by atoms with Gasteiger partial charge in [-0.05, 0) is 36.2 Å². The van der Waals surface area contributed by atoms with Crippen molar-refractivity contribution in [2.75, 3.05) is 0 Å². The zero-order valence-corrected chi connectivity index (χ0v) is 18.0. The number of aromatic amines is 1. The number of carbonyl (C=O) groups excluding carboxylic acids is 1. The first-order valence-electron chi connectivity index (χ1n) is 10.6. The number of alkyl halides is 4. The number of nitrogens with two attached hydrogens (primary N) is 1. The van der Waals surface area contributed by atoms with Crippen LogP contribution in [0, 0.1) is 12.7 Å². The van der Waals surface area contributed by atoms with Crippen molar-refractivity contribution in [1.29, 1.82) is 0 Å². The number of halogens is 5. The Hall–Kier alpha value is -3.28. The molecule has 1 amide bonds. The van der Waals surface area contributed by atoms with Gasteiger partial charge in [0.15, 0.2) is 0 Å². The van der Waals surface area contributed by atoms with Crippen molar-refractivity contribution in [3.05, 3.63) is 70.1 Å². The van der Waals surface area contributed by atoms with Crippen LogP contribution in [-0.4, -0.2) is 31.8 Å². The van der Waals surface area contributed by atoms with Crippen LogP contribution in [0.25, 0.3) is 0 Å². The number of aryl methyl sites for hydroxylation is 1. The second kappa shape index (κ2) is 7.36. The van der Waals surface area contributed by atoms with Gasteiger partial charge in [-0.3, -0.25) is 10.1 Å². The highest BCUT2D eigenvalue weighted by Crippen LogP contribution is 2.54. The Kier molecular flexibility index (Phi) is 4.87. The number of nitrogens with zero attached hydrogens (tertiary/aromatic N) is 3. The third-order valence-electron chi connectivity index (χ3n) is 6.81. The third-order valence-corrected chi connectivity index (χ3v) is 6.81. The van der Waals surface area contributed by atoms with Gasteiger partial charge in [0.1, 0.15) is 17.2 Å². The molecule has 0 spiro atoms. The summed E-state index contributed by atoms with van der Waals surface area (Å²) in [6, 6.07) is 5.08. The predicted octanol–water partition coefficient (Wildman–Crippen LogP) is 3.46. The summed E-state index contributed by atoms with van der Waals surface area (Å²) >= 11 is 0. The molecule has 2 aromatic heterocycles. The monoisotopic (exact) mass is 480 g/mol. The molecule has 34 heavy (non-hydrogen) atoms. The molecular formula is C22H21F5N6O. The lowest BCUT2D eigenvalue weighted by Gasteiger charge is -2.51. The van der Waals surface area contributed by atoms with Crippen molar-refractivity contribution in [3.8, 4) is 0 Å². The van der Waals surface area contributed by atoms with Crippen molar-refractivity contribution >= 4 is 5.91 Å². The molecule has 1 aliphatic carbocycles. The van der Waals surface area contributed by atoms with Gasteiger partial charge in [-0.25, -0.2) is 22.0 Å². The highest BCUT2D eigenvalue weighted by Gasteiger charge is 2.62. The average molecular weight is 480 g/mol. The minimum atomic E-state index is -3.07. The molecule has 3 heterocycles. The number of benzene rings is 1. The zero-order chi connectivity index (χ0) is 24.5. The third kappa shape index (κ3) is 3.39. The number of rotatable bonds is 6. The molecule has 1 saturated carbocycles. The first kappa shape index (κ1) is 22.5. The summed E-state index contributed by atoms with van der Waals surface area (Å²) in [5.74, 6) is -4.71. The van der Waals surface area contributed by atoms with Crippen molar-refractivity contribution in [2.45, 2.75) is 56.2 Å². The van der Waals surface area contributed by atoms with Crippen LogP contribution in [0.2, 0.25) is 0 Å². The summed E-state index contributed by atoms with van der Waals surface area (Å²) in [4.78, 5) is 12.1. The molecule has 2 aliphatic rings. The number of hydrogen-bond donors (Lipinski definition) is 3. The molecule has 7 nitrogen and oxygen atoms in total. The van der Waals surface area contributed by atoms with Crippen LogP contribution in [0.15, 0.2) is 30.5 Å². The Morgan fingerprint density at radius 1 is 1.24 bits per heavy atom. The topological polar surface area (TPSA) is 102 Å². The number of amides is 1. The van der Waals surface area contributed by atoms with E-state index in [1.807, 2.05) is 0 Å². The van der Waals surface area contributed by atoms with Gasteiger partial charge in [-0.2, -0.15) is 15.4 Å². The highest BCUT2D eigenvalue weighted by atomic mass is 19.3. The lowest BCUT2D eigenvalue weighted by molar-refractivity contribution is -0.148. The van der Waals surface area contributed by atoms with E-state index in [1.165, 1.54) is 12.3 Å². The van der Waals surface area contributed by atoms with E-state index >= 15 is 0 Å². The number of hydrogen-bond acceptors (Lipinski definition) is 4. The van der Waals surface area contributed by atoms with E-state index in [-0.39, 0.29) is 29.9 Å². The van der Waals surface area contributed by atoms with Gasteiger partial charge in [0.05, 0.1) is 22.8 Å². The molecule has 1 unspecified atom stereocenters. The van der Waals surface area contributed by atoms with Gasteiger partial charge in [0, 0.05) is 31.5 Å². The second-order valence-electron chi connectivity index (χ2n) is 9.19. The van der Waals surface area contributed by atoms with Gasteiger partial charge in [0.2, 0.25) is 0 Å². The molecular weight excluding hydrogens is 459 g/mol. The molecule has 180 valence electrons. The highest BCUT2D eigenvalue weighted by molar-refractivity contribution is 5.93. The van der Waals surface area contributed by atoms with Crippen LogP contribution >= 0.6 is 0 Å². The van der Waals surface area contributed by atoms with Crippen molar-refractivity contribution in [3.63, 3.8) is 0 Å². The second-order valence-corrected chi connectivity index (χ2v) is 9.19. The Morgan fingerprint density at radius 3 is 2.56 bits per heavy atom. The molecule has 1 atom stereocenters. The van der Waals surface area contributed by atoms with Gasteiger partial charge in [-0.15, -0.1) is 0 Å². The molecule has 5 rings (SSSR count). The minimum absolute atomic E-state index is 0.0356. The van der Waals surface area contributed by atoms with Crippen LogP contribution in [0.4, 0.5) is 22.0 Å². The van der Waals surface area contributed by atoms with E-state index in [9.17, 15) is 26.7 Å². The van der Waals surface area contributed by atoms with E-state index in [2.05, 4.69) is 20.7 Å².